The number of benzene rings is 1. The second-order valence-corrected chi connectivity index (χ2v) is 13.8. The Morgan fingerprint density at radius 1 is 0.956 bits per heavy atom. The fraction of sp³-hybridized carbons (Fsp3) is 0.647. The van der Waals surface area contributed by atoms with Crippen molar-refractivity contribution in [3.63, 3.8) is 0 Å². The van der Waals surface area contributed by atoms with Crippen LogP contribution < -0.4 is 16.0 Å². The van der Waals surface area contributed by atoms with E-state index < -0.39 is 53.8 Å². The van der Waals surface area contributed by atoms with Crippen LogP contribution in [-0.2, 0) is 27.2 Å². The van der Waals surface area contributed by atoms with E-state index in [-0.39, 0.29) is 18.8 Å². The van der Waals surface area contributed by atoms with Crippen LogP contribution in [0.3, 0.4) is 0 Å². The summed E-state index contributed by atoms with van der Waals surface area (Å²) in [5, 5.41) is 30.6. The Bertz CT molecular complexity index is 1180. The van der Waals surface area contributed by atoms with E-state index in [1.165, 1.54) is 12.7 Å². The van der Waals surface area contributed by atoms with Crippen molar-refractivity contribution in [3.05, 3.63) is 54.1 Å². The van der Waals surface area contributed by atoms with Crippen LogP contribution in [0.4, 0.5) is 4.79 Å². The minimum atomic E-state index is -1.17. The lowest BCUT2D eigenvalue weighted by Gasteiger charge is -2.34. The number of ether oxygens (including phenoxy) is 1. The van der Waals surface area contributed by atoms with E-state index in [0.717, 1.165) is 31.2 Å². The first-order valence-electron chi connectivity index (χ1n) is 16.3. The first-order valence-corrected chi connectivity index (χ1v) is 16.3. The van der Waals surface area contributed by atoms with Crippen molar-refractivity contribution >= 4 is 17.9 Å². The molecule has 0 aliphatic heterocycles. The second kappa shape index (κ2) is 17.3. The number of amides is 3. The molecule has 1 aromatic heterocycles. The maximum absolute atomic E-state index is 13.9. The molecule has 6 N–H and O–H groups in total. The molecular weight excluding hydrogens is 574 g/mol. The minimum absolute atomic E-state index is 0.100. The number of carbonyl (C=O) groups excluding carboxylic acids is 3. The molecule has 0 bridgehead atoms. The fourth-order valence-corrected chi connectivity index (χ4v) is 5.85. The summed E-state index contributed by atoms with van der Waals surface area (Å²) in [6.45, 7) is 9.15. The summed E-state index contributed by atoms with van der Waals surface area (Å²) in [5.41, 5.74) is 0.673. The predicted octanol–water partition coefficient (Wildman–Crippen LogP) is 3.80. The quantitative estimate of drug-likeness (QED) is 0.175. The number of aliphatic hydroxyl groups is 2. The van der Waals surface area contributed by atoms with Gasteiger partial charge in [-0.2, -0.15) is 0 Å². The normalized spacial score (nSPS) is 17.5. The lowest BCUT2D eigenvalue weighted by Crippen LogP contribution is -2.58. The van der Waals surface area contributed by atoms with Gasteiger partial charge >= 0.3 is 6.09 Å². The average Bonchev–Trinajstić information content (AvgIpc) is 3.48. The lowest BCUT2D eigenvalue weighted by atomic mass is 9.82. The summed E-state index contributed by atoms with van der Waals surface area (Å²) in [5.74, 6) is -0.579. The van der Waals surface area contributed by atoms with Crippen LogP contribution in [0, 0.1) is 11.8 Å². The van der Waals surface area contributed by atoms with Gasteiger partial charge in [-0.3, -0.25) is 9.59 Å². The molecule has 3 amide bonds. The summed E-state index contributed by atoms with van der Waals surface area (Å²) < 4.78 is 5.42. The van der Waals surface area contributed by atoms with Gasteiger partial charge in [0, 0.05) is 24.7 Å². The van der Waals surface area contributed by atoms with Gasteiger partial charge < -0.3 is 35.9 Å². The molecule has 1 heterocycles. The third-order valence-corrected chi connectivity index (χ3v) is 8.06. The van der Waals surface area contributed by atoms with Gasteiger partial charge in [0.1, 0.15) is 23.8 Å². The maximum Gasteiger partial charge on any atom is 0.408 e. The third kappa shape index (κ3) is 12.8. The number of hydrogen-bond donors (Lipinski definition) is 6. The smallest absolute Gasteiger partial charge is 0.408 e. The summed E-state index contributed by atoms with van der Waals surface area (Å²) in [4.78, 5) is 47.5. The number of aliphatic hydroxyl groups excluding tert-OH is 2. The molecule has 250 valence electrons. The fourth-order valence-electron chi connectivity index (χ4n) is 5.85. The predicted molar refractivity (Wildman–Crippen MR) is 172 cm³/mol. The Balaban J connectivity index is 1.83. The first-order chi connectivity index (χ1) is 21.3. The highest BCUT2D eigenvalue weighted by Gasteiger charge is 2.34. The zero-order chi connectivity index (χ0) is 33.0. The summed E-state index contributed by atoms with van der Waals surface area (Å²) in [6.07, 6.45) is 6.73. The molecule has 5 atom stereocenters. The van der Waals surface area contributed by atoms with Crippen molar-refractivity contribution in [2.45, 2.75) is 128 Å². The first kappa shape index (κ1) is 36.0. The van der Waals surface area contributed by atoms with Crippen LogP contribution in [0.25, 0.3) is 0 Å². The molecule has 1 aliphatic carbocycles. The molecule has 1 fully saturated rings. The van der Waals surface area contributed by atoms with Crippen molar-refractivity contribution < 1.29 is 29.3 Å². The number of aromatic amines is 1. The van der Waals surface area contributed by atoms with E-state index >= 15 is 0 Å². The molecule has 11 heteroatoms. The van der Waals surface area contributed by atoms with Gasteiger partial charge in [0.25, 0.3) is 0 Å². The Kier molecular flexibility index (Phi) is 13.9. The van der Waals surface area contributed by atoms with Crippen molar-refractivity contribution in [2.24, 2.45) is 11.8 Å². The summed E-state index contributed by atoms with van der Waals surface area (Å²) in [7, 11) is 0. The highest BCUT2D eigenvalue weighted by atomic mass is 16.6. The zero-order valence-corrected chi connectivity index (χ0v) is 27.4. The monoisotopic (exact) mass is 627 g/mol. The van der Waals surface area contributed by atoms with Gasteiger partial charge in [0.15, 0.2) is 0 Å². The number of H-pyrrole nitrogens is 1. The van der Waals surface area contributed by atoms with Gasteiger partial charge in [-0.1, -0.05) is 76.3 Å². The number of nitrogens with one attached hydrogen (secondary N) is 4. The molecule has 1 saturated carbocycles. The highest BCUT2D eigenvalue weighted by Crippen LogP contribution is 2.29. The number of nitrogens with zero attached hydrogens (tertiary/aromatic N) is 1. The summed E-state index contributed by atoms with van der Waals surface area (Å²) >= 11 is 0. The Morgan fingerprint density at radius 3 is 2.20 bits per heavy atom. The topological polar surface area (TPSA) is 166 Å². The lowest BCUT2D eigenvalue weighted by molar-refractivity contribution is -0.131. The molecule has 0 radical (unpaired) electrons. The van der Waals surface area contributed by atoms with Crippen LogP contribution in [-0.4, -0.2) is 74.0 Å². The van der Waals surface area contributed by atoms with E-state index in [9.17, 15) is 24.6 Å². The van der Waals surface area contributed by atoms with Gasteiger partial charge in [-0.25, -0.2) is 9.78 Å². The molecule has 0 spiro atoms. The van der Waals surface area contributed by atoms with Gasteiger partial charge in [-0.05, 0) is 51.0 Å². The Labute approximate surface area is 267 Å². The van der Waals surface area contributed by atoms with Crippen LogP contribution in [0.1, 0.15) is 90.8 Å². The minimum Gasteiger partial charge on any atom is -0.444 e. The van der Waals surface area contributed by atoms with Gasteiger partial charge in [0.2, 0.25) is 11.8 Å². The molecule has 45 heavy (non-hydrogen) atoms. The number of imidazole rings is 1. The molecule has 3 rings (SSSR count). The van der Waals surface area contributed by atoms with Gasteiger partial charge in [0.05, 0.1) is 18.5 Å². The Morgan fingerprint density at radius 2 is 1.60 bits per heavy atom. The maximum atomic E-state index is 13.9. The van der Waals surface area contributed by atoms with Crippen molar-refractivity contribution in [2.75, 3.05) is 0 Å². The number of alkyl carbamates (subject to hydrolysis) is 1. The second-order valence-electron chi connectivity index (χ2n) is 13.8. The molecule has 1 aliphatic rings. The molecule has 2 aromatic rings. The average molecular weight is 628 g/mol. The van der Waals surface area contributed by atoms with Gasteiger partial charge in [-0.15, -0.1) is 0 Å². The van der Waals surface area contributed by atoms with Crippen molar-refractivity contribution in [1.29, 1.82) is 0 Å². The zero-order valence-electron chi connectivity index (χ0n) is 27.4. The largest absolute Gasteiger partial charge is 0.444 e. The van der Waals surface area contributed by atoms with Crippen molar-refractivity contribution in [1.82, 2.24) is 25.9 Å². The van der Waals surface area contributed by atoms with Crippen LogP contribution in [0.2, 0.25) is 0 Å². The van der Waals surface area contributed by atoms with Crippen LogP contribution in [0.5, 0.6) is 0 Å². The number of carbonyl (C=O) groups is 3. The Hall–Kier alpha value is -3.44. The van der Waals surface area contributed by atoms with E-state index in [2.05, 4.69) is 25.9 Å². The molecule has 11 nitrogen and oxygen atoms in total. The van der Waals surface area contributed by atoms with Crippen LogP contribution >= 0.6 is 0 Å². The SMILES string of the molecule is CC(C)C[C@@H](O)[C@@H](O)[C@H](CC1CCCCC1)NC(=O)[C@H](Cc1cnc[nH]1)NC(=O)[C@H](Cc1ccccc1)NC(=O)OC(C)(C)C. The van der Waals surface area contributed by atoms with E-state index in [0.29, 0.717) is 24.5 Å². The van der Waals surface area contributed by atoms with Crippen LogP contribution in [0.15, 0.2) is 42.9 Å². The van der Waals surface area contributed by atoms with E-state index in [1.807, 2.05) is 44.2 Å². The number of aromatic nitrogens is 2. The van der Waals surface area contributed by atoms with Crippen molar-refractivity contribution in [3.8, 4) is 0 Å². The molecule has 1 aromatic carbocycles. The highest BCUT2D eigenvalue weighted by molar-refractivity contribution is 5.91. The standard InChI is InChI=1S/C34H53N5O6/c1-22(2)16-29(40)30(41)26(17-23-12-8-6-9-13-23)37-32(43)28(19-25-20-35-21-36-25)38-31(42)27(18-24-14-10-7-11-15-24)39-33(44)45-34(3,4)5/h7,10-11,14-15,20-23,26-30,40-41H,6,8-9,12-13,16-19H2,1-5H3,(H,35,36)(H,37,43)(H,38,42)(H,39,44)/t26-,27-,28-,29+,30-/m0/s1. The summed E-state index contributed by atoms with van der Waals surface area (Å²) in [6, 6.07) is 6.47. The molecule has 0 unspecified atom stereocenters. The van der Waals surface area contributed by atoms with E-state index in [4.69, 9.17) is 4.74 Å². The number of hydrogen-bond acceptors (Lipinski definition) is 7. The molecule has 0 saturated heterocycles. The molecular formula is C34H53N5O6. The third-order valence-electron chi connectivity index (χ3n) is 8.06. The van der Waals surface area contributed by atoms with E-state index in [1.54, 1.807) is 27.0 Å². The number of rotatable bonds is 15.